The molecule has 0 aliphatic carbocycles. The van der Waals surface area contributed by atoms with Crippen LogP contribution in [0.4, 0.5) is 0 Å². The maximum Gasteiger partial charge on any atom is 0.307 e. The summed E-state index contributed by atoms with van der Waals surface area (Å²) in [4.78, 5) is 16.3. The van der Waals surface area contributed by atoms with Gasteiger partial charge in [0.15, 0.2) is 0 Å². The average molecular weight is 343 g/mol. The van der Waals surface area contributed by atoms with Crippen LogP contribution in [0.5, 0.6) is 5.75 Å². The number of carbonyl (C=O) groups is 1. The van der Waals surface area contributed by atoms with Crippen LogP contribution in [0, 0.1) is 13.8 Å². The molecule has 0 atom stereocenters. The molecule has 124 valence electrons. The van der Waals surface area contributed by atoms with Crippen molar-refractivity contribution in [1.82, 2.24) is 4.98 Å². The molecule has 1 aromatic carbocycles. The molecular formula is C18H17NO4S. The Morgan fingerprint density at radius 2 is 2.17 bits per heavy atom. The van der Waals surface area contributed by atoms with Gasteiger partial charge >= 0.3 is 5.97 Å². The van der Waals surface area contributed by atoms with E-state index in [4.69, 9.17) is 14.3 Å². The van der Waals surface area contributed by atoms with Crippen molar-refractivity contribution in [2.45, 2.75) is 26.9 Å². The summed E-state index contributed by atoms with van der Waals surface area (Å²) in [6.45, 7) is 4.16. The number of benzene rings is 1. The number of carboxylic acid groups (broad SMARTS) is 1. The lowest BCUT2D eigenvalue weighted by molar-refractivity contribution is -0.136. The highest BCUT2D eigenvalue weighted by atomic mass is 32.1. The topological polar surface area (TPSA) is 72.6 Å². The maximum absolute atomic E-state index is 10.8. The van der Waals surface area contributed by atoms with Crippen LogP contribution >= 0.6 is 11.3 Å². The van der Waals surface area contributed by atoms with Crippen molar-refractivity contribution in [2.24, 2.45) is 0 Å². The Labute approximate surface area is 143 Å². The van der Waals surface area contributed by atoms with E-state index in [0.29, 0.717) is 17.2 Å². The number of carboxylic acids is 1. The summed E-state index contributed by atoms with van der Waals surface area (Å²) in [5.41, 5.74) is 2.57. The van der Waals surface area contributed by atoms with Gasteiger partial charge in [-0.05, 0) is 48.6 Å². The number of oxazole rings is 1. The van der Waals surface area contributed by atoms with Crippen molar-refractivity contribution in [2.75, 3.05) is 0 Å². The van der Waals surface area contributed by atoms with Gasteiger partial charge in [0.25, 0.3) is 0 Å². The largest absolute Gasteiger partial charge is 0.487 e. The van der Waals surface area contributed by atoms with Gasteiger partial charge in [-0.3, -0.25) is 4.79 Å². The summed E-state index contributed by atoms with van der Waals surface area (Å²) in [5, 5.41) is 10.9. The van der Waals surface area contributed by atoms with Crippen LogP contribution in [0.1, 0.15) is 22.6 Å². The van der Waals surface area contributed by atoms with Gasteiger partial charge in [-0.1, -0.05) is 12.1 Å². The Balaban J connectivity index is 1.72. The van der Waals surface area contributed by atoms with E-state index in [9.17, 15) is 4.79 Å². The second-order valence-corrected chi connectivity index (χ2v) is 6.38. The van der Waals surface area contributed by atoms with E-state index in [1.807, 2.05) is 25.3 Å². The predicted octanol–water partition coefficient (Wildman–Crippen LogP) is 4.23. The molecule has 0 bridgehead atoms. The second-order valence-electron chi connectivity index (χ2n) is 5.46. The first-order valence-corrected chi connectivity index (χ1v) is 8.35. The monoisotopic (exact) mass is 343 g/mol. The molecular weight excluding hydrogens is 326 g/mol. The number of hydrogen-bond donors (Lipinski definition) is 1. The van der Waals surface area contributed by atoms with E-state index in [1.165, 1.54) is 0 Å². The smallest absolute Gasteiger partial charge is 0.307 e. The summed E-state index contributed by atoms with van der Waals surface area (Å²) >= 11 is 1.59. The highest BCUT2D eigenvalue weighted by Gasteiger charge is 2.15. The number of thiophene rings is 1. The molecule has 5 nitrogen and oxygen atoms in total. The number of nitrogens with zero attached hydrogens (tertiary/aromatic N) is 1. The number of rotatable bonds is 6. The Morgan fingerprint density at radius 1 is 1.33 bits per heavy atom. The molecule has 3 aromatic rings. The highest BCUT2D eigenvalue weighted by molar-refractivity contribution is 7.13. The average Bonchev–Trinajstić information content (AvgIpc) is 3.10. The number of hydrogen-bond acceptors (Lipinski definition) is 5. The van der Waals surface area contributed by atoms with Gasteiger partial charge in [-0.2, -0.15) is 0 Å². The molecule has 0 aliphatic heterocycles. The lowest BCUT2D eigenvalue weighted by Gasteiger charge is -2.06. The molecule has 0 aliphatic rings. The van der Waals surface area contributed by atoms with Crippen molar-refractivity contribution >= 4 is 17.3 Å². The minimum atomic E-state index is -0.865. The number of aromatic nitrogens is 1. The normalized spacial score (nSPS) is 10.8. The van der Waals surface area contributed by atoms with E-state index in [-0.39, 0.29) is 13.0 Å². The van der Waals surface area contributed by atoms with E-state index in [1.54, 1.807) is 35.6 Å². The molecule has 0 saturated heterocycles. The van der Waals surface area contributed by atoms with E-state index >= 15 is 0 Å². The summed E-state index contributed by atoms with van der Waals surface area (Å²) < 4.78 is 11.5. The number of ether oxygens (including phenoxy) is 1. The third kappa shape index (κ3) is 3.65. The van der Waals surface area contributed by atoms with Crippen LogP contribution in [0.2, 0.25) is 0 Å². The lowest BCUT2D eigenvalue weighted by Crippen LogP contribution is -2.01. The van der Waals surface area contributed by atoms with Gasteiger partial charge in [0.2, 0.25) is 5.89 Å². The molecule has 2 aromatic heterocycles. The molecule has 0 saturated carbocycles. The molecule has 0 unspecified atom stereocenters. The van der Waals surface area contributed by atoms with Gasteiger partial charge in [-0.15, -0.1) is 11.3 Å². The van der Waals surface area contributed by atoms with Crippen LogP contribution in [-0.4, -0.2) is 16.1 Å². The summed E-state index contributed by atoms with van der Waals surface area (Å²) in [6, 6.07) is 9.10. The molecule has 0 amide bonds. The van der Waals surface area contributed by atoms with E-state index in [0.717, 1.165) is 21.9 Å². The van der Waals surface area contributed by atoms with Gasteiger partial charge in [0.05, 0.1) is 11.3 Å². The Kier molecular flexibility index (Phi) is 4.66. The number of aryl methyl sites for hydroxylation is 2. The third-order valence-electron chi connectivity index (χ3n) is 3.58. The zero-order chi connectivity index (χ0) is 17.1. The van der Waals surface area contributed by atoms with Crippen molar-refractivity contribution in [3.63, 3.8) is 0 Å². The third-order valence-corrected chi connectivity index (χ3v) is 4.58. The van der Waals surface area contributed by atoms with Crippen LogP contribution in [0.3, 0.4) is 0 Å². The number of aliphatic carboxylic acids is 1. The van der Waals surface area contributed by atoms with E-state index in [2.05, 4.69) is 4.98 Å². The maximum atomic E-state index is 10.8. The summed E-state index contributed by atoms with van der Waals surface area (Å²) in [6.07, 6.45) is -0.0258. The quantitative estimate of drug-likeness (QED) is 0.725. The first kappa shape index (κ1) is 16.3. The van der Waals surface area contributed by atoms with Crippen LogP contribution in [0.25, 0.3) is 10.8 Å². The SMILES string of the molecule is Cc1ccsc1-c1nc(COc2cccc(CC(=O)O)c2)c(C)o1. The zero-order valence-electron chi connectivity index (χ0n) is 13.4. The van der Waals surface area contributed by atoms with Crippen LogP contribution in [-0.2, 0) is 17.8 Å². The molecule has 0 fully saturated rings. The van der Waals surface area contributed by atoms with Crippen LogP contribution in [0.15, 0.2) is 40.1 Å². The summed E-state index contributed by atoms with van der Waals surface area (Å²) in [7, 11) is 0. The van der Waals surface area contributed by atoms with Crippen molar-refractivity contribution in [1.29, 1.82) is 0 Å². The lowest BCUT2D eigenvalue weighted by atomic mass is 10.1. The van der Waals surface area contributed by atoms with E-state index < -0.39 is 5.97 Å². The fourth-order valence-electron chi connectivity index (χ4n) is 2.32. The molecule has 0 radical (unpaired) electrons. The zero-order valence-corrected chi connectivity index (χ0v) is 14.2. The first-order chi connectivity index (χ1) is 11.5. The molecule has 3 rings (SSSR count). The Bertz CT molecular complexity index is 866. The molecule has 2 heterocycles. The standard InChI is InChI=1S/C18H17NO4S/c1-11-6-7-24-17(11)18-19-15(12(2)23-18)10-22-14-5-3-4-13(8-14)9-16(20)21/h3-8H,9-10H2,1-2H3,(H,20,21). The Hall–Kier alpha value is -2.60. The van der Waals surface area contributed by atoms with Gasteiger partial charge in [0, 0.05) is 0 Å². The van der Waals surface area contributed by atoms with Crippen molar-refractivity contribution < 1.29 is 19.1 Å². The van der Waals surface area contributed by atoms with Gasteiger partial charge in [-0.25, -0.2) is 4.98 Å². The summed E-state index contributed by atoms with van der Waals surface area (Å²) in [5.74, 6) is 1.08. The van der Waals surface area contributed by atoms with Gasteiger partial charge in [0.1, 0.15) is 23.8 Å². The fraction of sp³-hybridized carbons (Fsp3) is 0.222. The molecule has 6 heteroatoms. The highest BCUT2D eigenvalue weighted by Crippen LogP contribution is 2.30. The predicted molar refractivity (Wildman–Crippen MR) is 91.4 cm³/mol. The van der Waals surface area contributed by atoms with Crippen LogP contribution < -0.4 is 4.74 Å². The minimum Gasteiger partial charge on any atom is -0.487 e. The second kappa shape index (κ2) is 6.88. The molecule has 24 heavy (non-hydrogen) atoms. The van der Waals surface area contributed by atoms with Crippen molar-refractivity contribution in [3.8, 4) is 16.5 Å². The molecule has 0 spiro atoms. The first-order valence-electron chi connectivity index (χ1n) is 7.47. The van der Waals surface area contributed by atoms with Gasteiger partial charge < -0.3 is 14.3 Å². The molecule has 1 N–H and O–H groups in total. The fourth-order valence-corrected chi connectivity index (χ4v) is 3.17. The van der Waals surface area contributed by atoms with Crippen molar-refractivity contribution in [3.05, 3.63) is 58.3 Å². The minimum absolute atomic E-state index is 0.0258. The Morgan fingerprint density at radius 3 is 2.88 bits per heavy atom.